The minimum atomic E-state index is 0.625. The molecule has 0 bridgehead atoms. The lowest BCUT2D eigenvalue weighted by atomic mass is 9.79. The first-order chi connectivity index (χ1) is 12.3. The van der Waals surface area contributed by atoms with Gasteiger partial charge in [-0.15, -0.1) is 0 Å². The van der Waals surface area contributed by atoms with E-state index in [2.05, 4.69) is 46.3 Å². The van der Waals surface area contributed by atoms with Gasteiger partial charge in [-0.05, 0) is 92.7 Å². The van der Waals surface area contributed by atoms with Crippen LogP contribution < -0.4 is 4.74 Å². The maximum absolute atomic E-state index is 8.80. The Labute approximate surface area is 161 Å². The molecule has 136 valence electrons. The van der Waals surface area contributed by atoms with Gasteiger partial charge in [0.25, 0.3) is 0 Å². The van der Waals surface area contributed by atoms with Crippen molar-refractivity contribution in [3.63, 3.8) is 0 Å². The highest BCUT2D eigenvalue weighted by molar-refractivity contribution is 9.09. The zero-order chi connectivity index (χ0) is 17.5. The van der Waals surface area contributed by atoms with Crippen LogP contribution in [0.25, 0.3) is 0 Å². The number of nitriles is 1. The molecule has 2 saturated carbocycles. The summed E-state index contributed by atoms with van der Waals surface area (Å²) in [6, 6.07) is 11.2. The number of hydrogen-bond donors (Lipinski definition) is 0. The number of nitrogens with zero attached hydrogens (tertiary/aromatic N) is 1. The molecule has 25 heavy (non-hydrogen) atoms. The van der Waals surface area contributed by atoms with Crippen LogP contribution in [-0.2, 0) is 0 Å². The minimum absolute atomic E-state index is 0.625. The van der Waals surface area contributed by atoms with E-state index in [1.165, 1.54) is 56.9 Å². The first-order valence-electron chi connectivity index (χ1n) is 9.94. The molecule has 3 rings (SSSR count). The van der Waals surface area contributed by atoms with Crippen LogP contribution in [0.4, 0.5) is 0 Å². The third-order valence-electron chi connectivity index (χ3n) is 6.25. The van der Waals surface area contributed by atoms with E-state index in [0.717, 1.165) is 35.9 Å². The molecule has 1 aromatic rings. The molecule has 0 atom stereocenters. The van der Waals surface area contributed by atoms with E-state index in [4.69, 9.17) is 10.00 Å². The quantitative estimate of drug-likeness (QED) is 0.510. The normalized spacial score (nSPS) is 29.8. The molecular formula is C22H30BrNO. The van der Waals surface area contributed by atoms with Gasteiger partial charge >= 0.3 is 0 Å². The Morgan fingerprint density at radius 3 is 2.08 bits per heavy atom. The minimum Gasteiger partial charge on any atom is -0.493 e. The highest BCUT2D eigenvalue weighted by Gasteiger charge is 2.23. The lowest BCUT2D eigenvalue weighted by Crippen LogP contribution is -2.20. The molecule has 0 heterocycles. The highest BCUT2D eigenvalue weighted by atomic mass is 79.9. The number of benzene rings is 1. The highest BCUT2D eigenvalue weighted by Crippen LogP contribution is 2.37. The van der Waals surface area contributed by atoms with Gasteiger partial charge in [0.2, 0.25) is 0 Å². The Bertz CT molecular complexity index is 548. The van der Waals surface area contributed by atoms with Gasteiger partial charge in [0.15, 0.2) is 0 Å². The van der Waals surface area contributed by atoms with Crippen LogP contribution in [0.2, 0.25) is 0 Å². The second kappa shape index (κ2) is 9.62. The summed E-state index contributed by atoms with van der Waals surface area (Å²) >= 11 is 3.63. The standard InChI is InChI=1S/C22H30BrNO/c23-15-18-5-7-20(8-6-18)21-9-11-22(12-10-21)25-16-19-3-1-17(2-4-19)13-14-24/h9-12,17-20H,1-8,13,15-16H2. The van der Waals surface area contributed by atoms with Crippen molar-refractivity contribution < 1.29 is 4.74 Å². The van der Waals surface area contributed by atoms with Crippen LogP contribution in [0.3, 0.4) is 0 Å². The van der Waals surface area contributed by atoms with Gasteiger partial charge in [0.1, 0.15) is 5.75 Å². The summed E-state index contributed by atoms with van der Waals surface area (Å²) in [4.78, 5) is 0. The van der Waals surface area contributed by atoms with Gasteiger partial charge < -0.3 is 4.74 Å². The monoisotopic (exact) mass is 403 g/mol. The fourth-order valence-electron chi connectivity index (χ4n) is 4.43. The average Bonchev–Trinajstić information content (AvgIpc) is 2.68. The Hall–Kier alpha value is -1.01. The number of alkyl halides is 1. The summed E-state index contributed by atoms with van der Waals surface area (Å²) in [6.07, 6.45) is 10.9. The van der Waals surface area contributed by atoms with Gasteiger partial charge in [-0.25, -0.2) is 0 Å². The summed E-state index contributed by atoms with van der Waals surface area (Å²) in [5, 5.41) is 9.96. The number of rotatable bonds is 6. The van der Waals surface area contributed by atoms with Crippen LogP contribution in [0.5, 0.6) is 5.75 Å². The van der Waals surface area contributed by atoms with Gasteiger partial charge in [-0.3, -0.25) is 0 Å². The van der Waals surface area contributed by atoms with Gasteiger partial charge in [-0.2, -0.15) is 5.26 Å². The van der Waals surface area contributed by atoms with Crippen molar-refractivity contribution >= 4 is 15.9 Å². The van der Waals surface area contributed by atoms with E-state index in [1.54, 1.807) is 0 Å². The molecule has 2 nitrogen and oxygen atoms in total. The second-order valence-electron chi connectivity index (χ2n) is 8.00. The maximum Gasteiger partial charge on any atom is 0.119 e. The molecule has 0 spiro atoms. The van der Waals surface area contributed by atoms with Gasteiger partial charge in [-0.1, -0.05) is 28.1 Å². The van der Waals surface area contributed by atoms with Crippen molar-refractivity contribution in [2.45, 2.75) is 63.7 Å². The van der Waals surface area contributed by atoms with E-state index in [9.17, 15) is 0 Å². The van der Waals surface area contributed by atoms with E-state index in [0.29, 0.717) is 11.8 Å². The molecule has 0 N–H and O–H groups in total. The Morgan fingerprint density at radius 1 is 0.880 bits per heavy atom. The van der Waals surface area contributed by atoms with Crippen molar-refractivity contribution in [1.29, 1.82) is 5.26 Å². The largest absolute Gasteiger partial charge is 0.493 e. The Morgan fingerprint density at radius 2 is 1.48 bits per heavy atom. The molecule has 0 aliphatic heterocycles. The summed E-state index contributed by atoms with van der Waals surface area (Å²) in [6.45, 7) is 0.828. The molecule has 3 heteroatoms. The van der Waals surface area contributed by atoms with Crippen LogP contribution in [0.1, 0.15) is 69.3 Å². The molecular weight excluding hydrogens is 374 g/mol. The lowest BCUT2D eigenvalue weighted by Gasteiger charge is -2.28. The third-order valence-corrected chi connectivity index (χ3v) is 7.16. The van der Waals surface area contributed by atoms with Crippen LogP contribution in [-0.4, -0.2) is 11.9 Å². The molecule has 2 fully saturated rings. The molecule has 0 radical (unpaired) electrons. The first-order valence-corrected chi connectivity index (χ1v) is 11.1. The first kappa shape index (κ1) is 18.8. The van der Waals surface area contributed by atoms with Gasteiger partial charge in [0.05, 0.1) is 12.7 Å². The van der Waals surface area contributed by atoms with Crippen molar-refractivity contribution in [2.75, 3.05) is 11.9 Å². The molecule has 0 saturated heterocycles. The zero-order valence-corrected chi connectivity index (χ0v) is 16.7. The van der Waals surface area contributed by atoms with Crippen molar-refractivity contribution in [2.24, 2.45) is 17.8 Å². The maximum atomic E-state index is 8.80. The number of hydrogen-bond acceptors (Lipinski definition) is 2. The number of ether oxygens (including phenoxy) is 1. The van der Waals surface area contributed by atoms with Crippen LogP contribution >= 0.6 is 15.9 Å². The molecule has 0 amide bonds. The second-order valence-corrected chi connectivity index (χ2v) is 8.65. The predicted molar refractivity (Wildman–Crippen MR) is 106 cm³/mol. The zero-order valence-electron chi connectivity index (χ0n) is 15.1. The fraction of sp³-hybridized carbons (Fsp3) is 0.682. The summed E-state index contributed by atoms with van der Waals surface area (Å²) in [5.74, 6) is 3.91. The van der Waals surface area contributed by atoms with E-state index >= 15 is 0 Å². The Balaban J connectivity index is 1.42. The van der Waals surface area contributed by atoms with E-state index < -0.39 is 0 Å². The smallest absolute Gasteiger partial charge is 0.119 e. The van der Waals surface area contributed by atoms with E-state index in [1.807, 2.05) is 0 Å². The van der Waals surface area contributed by atoms with Crippen molar-refractivity contribution in [1.82, 2.24) is 0 Å². The Kier molecular flexibility index (Phi) is 7.23. The topological polar surface area (TPSA) is 33.0 Å². The van der Waals surface area contributed by atoms with E-state index in [-0.39, 0.29) is 0 Å². The fourth-order valence-corrected chi connectivity index (χ4v) is 5.08. The molecule has 1 aromatic carbocycles. The SMILES string of the molecule is N#CCC1CCC(COc2ccc(C3CCC(CBr)CC3)cc2)CC1. The summed E-state index contributed by atoms with van der Waals surface area (Å²) < 4.78 is 6.05. The summed E-state index contributed by atoms with van der Waals surface area (Å²) in [5.41, 5.74) is 1.48. The lowest BCUT2D eigenvalue weighted by molar-refractivity contribution is 0.184. The van der Waals surface area contributed by atoms with Gasteiger partial charge in [0, 0.05) is 11.8 Å². The predicted octanol–water partition coefficient (Wildman–Crippen LogP) is 6.45. The van der Waals surface area contributed by atoms with Crippen molar-refractivity contribution in [3.05, 3.63) is 29.8 Å². The average molecular weight is 404 g/mol. The van der Waals surface area contributed by atoms with Crippen LogP contribution in [0, 0.1) is 29.1 Å². The molecule has 2 aliphatic rings. The summed E-state index contributed by atoms with van der Waals surface area (Å²) in [7, 11) is 0. The third kappa shape index (κ3) is 5.48. The van der Waals surface area contributed by atoms with Crippen LogP contribution in [0.15, 0.2) is 24.3 Å². The molecule has 0 unspecified atom stereocenters. The number of halogens is 1. The molecule has 2 aliphatic carbocycles. The van der Waals surface area contributed by atoms with Crippen molar-refractivity contribution in [3.8, 4) is 11.8 Å². The molecule has 0 aromatic heterocycles.